The van der Waals surface area contributed by atoms with Crippen LogP contribution in [0.1, 0.15) is 47.1 Å². The Balaban J connectivity index is 3.98. The number of anilines is 2. The second-order valence-corrected chi connectivity index (χ2v) is 10.4. The van der Waals surface area contributed by atoms with Gasteiger partial charge in [0.05, 0.1) is 3.57 Å². The van der Waals surface area contributed by atoms with Crippen LogP contribution in [0.4, 0.5) is 11.4 Å². The molecule has 12 nitrogen and oxygen atoms in total. The van der Waals surface area contributed by atoms with E-state index in [0.717, 1.165) is 24.0 Å². The molecule has 1 aromatic rings. The molecule has 0 spiro atoms. The van der Waals surface area contributed by atoms with Crippen LogP contribution in [-0.4, -0.2) is 48.4 Å². The van der Waals surface area contributed by atoms with Gasteiger partial charge in [0.25, 0.3) is 11.8 Å². The summed E-state index contributed by atoms with van der Waals surface area (Å²) in [5.74, 6) is -4.09. The van der Waals surface area contributed by atoms with Crippen LogP contribution in [0.3, 0.4) is 0 Å². The van der Waals surface area contributed by atoms with Crippen LogP contribution in [-0.2, 0) is 54.3 Å². The summed E-state index contributed by atoms with van der Waals surface area (Å²) in [7, 11) is 0. The maximum Gasteiger partial charge on any atom is 0.330 e. The predicted octanol–water partition coefficient (Wildman–Crippen LogP) is 3.20. The SMILES string of the molecule is CC(=O)OCC(Cc1c(I)c(N(OC(C)=O)C(C)=O)c(I)c(N(OC(C)=O)C(C)=O)c1I)OC(C)=O. The molecule has 0 aliphatic carbocycles. The first-order valence-electron chi connectivity index (χ1n) is 10.1. The van der Waals surface area contributed by atoms with Crippen LogP contribution in [0, 0.1) is 10.7 Å². The van der Waals surface area contributed by atoms with E-state index in [1.54, 1.807) is 0 Å². The van der Waals surface area contributed by atoms with Gasteiger partial charge < -0.3 is 19.1 Å². The van der Waals surface area contributed by atoms with Crippen LogP contribution in [0.15, 0.2) is 0 Å². The number of amides is 2. The van der Waals surface area contributed by atoms with E-state index in [1.165, 1.54) is 27.7 Å². The molecule has 0 N–H and O–H groups in total. The lowest BCUT2D eigenvalue weighted by Crippen LogP contribution is -2.36. The van der Waals surface area contributed by atoms with E-state index < -0.39 is 41.8 Å². The van der Waals surface area contributed by atoms with Crippen molar-refractivity contribution < 1.29 is 47.9 Å². The Kier molecular flexibility index (Phi) is 12.8. The van der Waals surface area contributed by atoms with Crippen molar-refractivity contribution in [3.63, 3.8) is 0 Å². The van der Waals surface area contributed by atoms with E-state index in [4.69, 9.17) is 19.1 Å². The van der Waals surface area contributed by atoms with Crippen molar-refractivity contribution in [1.82, 2.24) is 0 Å². The molecule has 1 unspecified atom stereocenters. The number of hydrogen-bond acceptors (Lipinski definition) is 10. The van der Waals surface area contributed by atoms with Gasteiger partial charge in [-0.05, 0) is 73.3 Å². The summed E-state index contributed by atoms with van der Waals surface area (Å²) >= 11 is 5.69. The van der Waals surface area contributed by atoms with Crippen LogP contribution >= 0.6 is 67.8 Å². The van der Waals surface area contributed by atoms with Gasteiger partial charge in [0.1, 0.15) is 24.1 Å². The van der Waals surface area contributed by atoms with Crippen molar-refractivity contribution in [1.29, 1.82) is 0 Å². The number of carbonyl (C=O) groups excluding carboxylic acids is 6. The second-order valence-electron chi connectivity index (χ2n) is 7.15. The molecule has 36 heavy (non-hydrogen) atoms. The highest BCUT2D eigenvalue weighted by Crippen LogP contribution is 2.43. The van der Waals surface area contributed by atoms with Crippen LogP contribution in [0.2, 0.25) is 0 Å². The standard InChI is InChI=1S/C21H23I3N2O10/c1-9(27)25(35-13(5)31)20-17(22)16(7-15(34-12(4)30)8-33-11(3)29)18(23)21(19(20)24)26(10(2)28)36-14(6)32/h15H,7-8H2,1-6H3. The van der Waals surface area contributed by atoms with Gasteiger partial charge in [-0.15, -0.1) is 10.1 Å². The Morgan fingerprint density at radius 3 is 1.39 bits per heavy atom. The summed E-state index contributed by atoms with van der Waals surface area (Å²) in [6.45, 7) is 6.69. The fraction of sp³-hybridized carbons (Fsp3) is 0.429. The van der Waals surface area contributed by atoms with E-state index in [1.807, 2.05) is 67.8 Å². The fourth-order valence-corrected chi connectivity index (χ4v) is 7.30. The highest BCUT2D eigenvalue weighted by molar-refractivity contribution is 14.1. The highest BCUT2D eigenvalue weighted by Gasteiger charge is 2.34. The number of halogens is 3. The minimum Gasteiger partial charge on any atom is -0.462 e. The third-order valence-electron chi connectivity index (χ3n) is 4.02. The van der Waals surface area contributed by atoms with Crippen molar-refractivity contribution in [3.05, 3.63) is 16.3 Å². The van der Waals surface area contributed by atoms with Crippen LogP contribution < -0.4 is 10.1 Å². The number of carbonyl (C=O) groups is 6. The lowest BCUT2D eigenvalue weighted by atomic mass is 10.1. The Morgan fingerprint density at radius 1 is 0.667 bits per heavy atom. The number of nitrogens with zero attached hydrogens (tertiary/aromatic N) is 2. The van der Waals surface area contributed by atoms with Gasteiger partial charge in [0.15, 0.2) is 0 Å². The fourth-order valence-electron chi connectivity index (χ4n) is 2.82. The molecule has 0 fully saturated rings. The molecule has 0 aromatic heterocycles. The van der Waals surface area contributed by atoms with Gasteiger partial charge in [-0.2, -0.15) is 0 Å². The second kappa shape index (κ2) is 14.2. The lowest BCUT2D eigenvalue weighted by Gasteiger charge is -2.29. The first-order chi connectivity index (χ1) is 16.6. The van der Waals surface area contributed by atoms with Crippen molar-refractivity contribution in [2.45, 2.75) is 54.1 Å². The normalized spacial score (nSPS) is 11.1. The van der Waals surface area contributed by atoms with Gasteiger partial charge in [-0.1, -0.05) is 0 Å². The van der Waals surface area contributed by atoms with Crippen molar-refractivity contribution in [2.24, 2.45) is 0 Å². The Bertz CT molecular complexity index is 1030. The molecular weight excluding hydrogens is 821 g/mol. The van der Waals surface area contributed by atoms with Crippen molar-refractivity contribution >= 4 is 115 Å². The molecule has 0 radical (unpaired) electrons. The molecular formula is C21H23I3N2O10. The molecule has 0 aliphatic heterocycles. The van der Waals surface area contributed by atoms with E-state index in [0.29, 0.717) is 12.7 Å². The van der Waals surface area contributed by atoms with Gasteiger partial charge in [-0.3, -0.25) is 19.2 Å². The molecule has 198 valence electrons. The molecule has 0 saturated carbocycles. The zero-order valence-electron chi connectivity index (χ0n) is 20.1. The summed E-state index contributed by atoms with van der Waals surface area (Å²) in [5, 5.41) is 1.52. The minimum atomic E-state index is -0.937. The molecule has 1 rings (SSSR count). The zero-order chi connectivity index (χ0) is 27.9. The first-order valence-corrected chi connectivity index (χ1v) is 13.3. The number of esters is 2. The largest absolute Gasteiger partial charge is 0.462 e. The maximum absolute atomic E-state index is 12.5. The first kappa shape index (κ1) is 32.3. The van der Waals surface area contributed by atoms with Gasteiger partial charge in [-0.25, -0.2) is 9.59 Å². The average Bonchev–Trinajstić information content (AvgIpc) is 2.72. The van der Waals surface area contributed by atoms with E-state index >= 15 is 0 Å². The summed E-state index contributed by atoms with van der Waals surface area (Å²) in [6, 6.07) is 0. The quantitative estimate of drug-likeness (QED) is 0.228. The van der Waals surface area contributed by atoms with Gasteiger partial charge in [0, 0.05) is 55.1 Å². The van der Waals surface area contributed by atoms with Gasteiger partial charge in [0.2, 0.25) is 0 Å². The molecule has 1 atom stereocenters. The number of rotatable bonds is 7. The van der Waals surface area contributed by atoms with Crippen molar-refractivity contribution in [3.8, 4) is 0 Å². The Labute approximate surface area is 248 Å². The third kappa shape index (κ3) is 8.96. The smallest absolute Gasteiger partial charge is 0.330 e. The summed E-state index contributed by atoms with van der Waals surface area (Å²) < 4.78 is 11.4. The highest BCUT2D eigenvalue weighted by atomic mass is 127. The Hall–Kier alpha value is -1.77. The number of benzene rings is 1. The minimum absolute atomic E-state index is 0.0298. The topological polar surface area (TPSA) is 146 Å². The molecule has 2 amide bonds. The third-order valence-corrected chi connectivity index (χ3v) is 7.36. The Morgan fingerprint density at radius 2 is 1.08 bits per heavy atom. The number of hydrogen-bond donors (Lipinski definition) is 0. The van der Waals surface area contributed by atoms with Crippen LogP contribution in [0.25, 0.3) is 0 Å². The lowest BCUT2D eigenvalue weighted by molar-refractivity contribution is -0.156. The summed E-state index contributed by atoms with van der Waals surface area (Å²) in [5.41, 5.74) is 0.630. The van der Waals surface area contributed by atoms with E-state index in [2.05, 4.69) is 0 Å². The monoisotopic (exact) mass is 844 g/mol. The zero-order valence-corrected chi connectivity index (χ0v) is 26.6. The van der Waals surface area contributed by atoms with Gasteiger partial charge >= 0.3 is 23.9 Å². The summed E-state index contributed by atoms with van der Waals surface area (Å²) in [4.78, 5) is 81.8. The van der Waals surface area contributed by atoms with E-state index in [9.17, 15) is 28.8 Å². The molecule has 0 aliphatic rings. The average molecular weight is 844 g/mol. The summed E-state index contributed by atoms with van der Waals surface area (Å²) in [6.07, 6.45) is -0.967. The van der Waals surface area contributed by atoms with Crippen LogP contribution in [0.5, 0.6) is 0 Å². The predicted molar refractivity (Wildman–Crippen MR) is 150 cm³/mol. The van der Waals surface area contributed by atoms with Crippen molar-refractivity contribution in [2.75, 3.05) is 16.7 Å². The molecule has 0 heterocycles. The molecule has 0 saturated heterocycles. The van der Waals surface area contributed by atoms with E-state index in [-0.39, 0.29) is 28.0 Å². The number of ether oxygens (including phenoxy) is 2. The number of hydroxylamine groups is 2. The molecule has 1 aromatic carbocycles. The molecule has 15 heteroatoms. The maximum atomic E-state index is 12.5. The molecule has 0 bridgehead atoms.